The van der Waals surface area contributed by atoms with E-state index in [9.17, 15) is 0 Å². The van der Waals surface area contributed by atoms with Crippen molar-refractivity contribution in [3.8, 4) is 0 Å². The molecule has 0 spiro atoms. The van der Waals surface area contributed by atoms with Crippen molar-refractivity contribution in [2.24, 2.45) is 29.6 Å². The molecule has 2 aromatic carbocycles. The predicted octanol–water partition coefficient (Wildman–Crippen LogP) is 7.71. The van der Waals surface area contributed by atoms with Crippen molar-refractivity contribution in [3.63, 3.8) is 0 Å². The van der Waals surface area contributed by atoms with Gasteiger partial charge in [-0.2, -0.15) is 0 Å². The van der Waals surface area contributed by atoms with Crippen LogP contribution in [0, 0.1) is 29.6 Å². The first-order valence-corrected chi connectivity index (χ1v) is 16.3. The van der Waals surface area contributed by atoms with E-state index >= 15 is 0 Å². The number of fused-ring (bicyclic) bond motifs is 3. The summed E-state index contributed by atoms with van der Waals surface area (Å²) in [5.41, 5.74) is 1.51. The van der Waals surface area contributed by atoms with Gasteiger partial charge < -0.3 is 0 Å². The van der Waals surface area contributed by atoms with Gasteiger partial charge in [0.25, 0.3) is 0 Å². The van der Waals surface area contributed by atoms with E-state index in [4.69, 9.17) is 0 Å². The van der Waals surface area contributed by atoms with Gasteiger partial charge in [0.1, 0.15) is 8.07 Å². The van der Waals surface area contributed by atoms with Crippen LogP contribution >= 0.6 is 0 Å². The van der Waals surface area contributed by atoms with Crippen LogP contribution in [-0.2, 0) is 0 Å². The fourth-order valence-electron chi connectivity index (χ4n) is 8.60. The highest BCUT2D eigenvalue weighted by atomic mass is 28.3. The first-order chi connectivity index (χ1) is 17.3. The number of unbranched alkanes of at least 4 members (excludes halogenated alkanes) is 1. The van der Waals surface area contributed by atoms with Crippen molar-refractivity contribution >= 4 is 18.4 Å². The third-order valence-corrected chi connectivity index (χ3v) is 16.1. The molecule has 6 atom stereocenters. The molecule has 4 aliphatic rings. The molecule has 0 heterocycles. The molecule has 0 aliphatic heterocycles. The quantitative estimate of drug-likeness (QED) is 0.359. The average Bonchev–Trinajstić information content (AvgIpc) is 3.53. The second kappa shape index (κ2) is 9.94. The molecule has 0 amide bonds. The normalized spacial score (nSPS) is 33.1. The third kappa shape index (κ3) is 3.87. The van der Waals surface area contributed by atoms with Crippen LogP contribution in [0.3, 0.4) is 0 Å². The Balaban J connectivity index is 1.56. The highest BCUT2D eigenvalue weighted by Crippen LogP contribution is 2.61. The highest BCUT2D eigenvalue weighted by molar-refractivity contribution is 7.04. The minimum atomic E-state index is -2.15. The molecule has 4 aliphatic carbocycles. The monoisotopic (exact) mass is 476 g/mol. The molecule has 0 N–H and O–H groups in total. The lowest BCUT2D eigenvalue weighted by molar-refractivity contribution is 0.461. The van der Waals surface area contributed by atoms with Gasteiger partial charge in [-0.3, -0.25) is 0 Å². The van der Waals surface area contributed by atoms with Crippen LogP contribution in [0.4, 0.5) is 0 Å². The molecule has 0 nitrogen and oxygen atoms in total. The largest absolute Gasteiger partial charge is 0.125 e. The zero-order valence-corrected chi connectivity index (χ0v) is 22.2. The Morgan fingerprint density at radius 3 is 1.69 bits per heavy atom. The second-order valence-corrected chi connectivity index (χ2v) is 15.9. The Hall–Kier alpha value is -2.38. The van der Waals surface area contributed by atoms with Crippen molar-refractivity contribution in [1.29, 1.82) is 0 Å². The first-order valence-electron chi connectivity index (χ1n) is 14.1. The van der Waals surface area contributed by atoms with Crippen LogP contribution in [0.2, 0.25) is 11.1 Å². The number of benzene rings is 2. The van der Waals surface area contributed by atoms with Gasteiger partial charge >= 0.3 is 0 Å². The summed E-state index contributed by atoms with van der Waals surface area (Å²) in [6.07, 6.45) is 28.0. The molecule has 0 aromatic heterocycles. The van der Waals surface area contributed by atoms with Crippen molar-refractivity contribution in [1.82, 2.24) is 0 Å². The fourth-order valence-corrected chi connectivity index (χ4v) is 15.9. The van der Waals surface area contributed by atoms with E-state index in [1.165, 1.54) is 38.5 Å². The van der Waals surface area contributed by atoms with E-state index in [1.54, 1.807) is 10.4 Å². The summed E-state index contributed by atoms with van der Waals surface area (Å²) < 4.78 is 0. The van der Waals surface area contributed by atoms with Gasteiger partial charge in [0.2, 0.25) is 0 Å². The van der Waals surface area contributed by atoms with Crippen LogP contribution in [0.15, 0.2) is 109 Å². The smallest absolute Gasteiger partial charge is 0.0808 e. The Bertz CT molecular complexity index is 1030. The summed E-state index contributed by atoms with van der Waals surface area (Å²) in [4.78, 5) is 0. The zero-order chi connectivity index (χ0) is 23.7. The van der Waals surface area contributed by atoms with Gasteiger partial charge in [-0.25, -0.2) is 0 Å². The minimum Gasteiger partial charge on any atom is -0.0808 e. The number of allylic oxidation sites excluding steroid dienone is 8. The van der Waals surface area contributed by atoms with Crippen molar-refractivity contribution in [3.05, 3.63) is 109 Å². The molecule has 2 saturated carbocycles. The van der Waals surface area contributed by atoms with Crippen LogP contribution in [0.25, 0.3) is 0 Å². The zero-order valence-electron chi connectivity index (χ0n) is 21.2. The molecule has 1 heteroatoms. The summed E-state index contributed by atoms with van der Waals surface area (Å²) in [6.45, 7) is 2.35. The number of rotatable bonds is 7. The lowest BCUT2D eigenvalue weighted by Gasteiger charge is -2.48. The molecule has 2 fully saturated rings. The third-order valence-electron chi connectivity index (χ3n) is 9.90. The lowest BCUT2D eigenvalue weighted by atomic mass is 9.83. The molecule has 0 radical (unpaired) electrons. The maximum Gasteiger partial charge on any atom is 0.125 e. The Morgan fingerprint density at radius 1 is 0.657 bits per heavy atom. The van der Waals surface area contributed by atoms with Gasteiger partial charge in [-0.1, -0.05) is 159 Å². The molecule has 2 aromatic rings. The van der Waals surface area contributed by atoms with Gasteiger partial charge in [-0.05, 0) is 47.1 Å². The Kier molecular flexibility index (Phi) is 6.54. The van der Waals surface area contributed by atoms with Gasteiger partial charge in [-0.15, -0.1) is 0 Å². The summed E-state index contributed by atoms with van der Waals surface area (Å²) in [7, 11) is -2.15. The number of hydrogen-bond donors (Lipinski definition) is 0. The molecule has 180 valence electrons. The van der Waals surface area contributed by atoms with E-state index in [2.05, 4.69) is 116 Å². The number of hydrogen-bond acceptors (Lipinski definition) is 0. The summed E-state index contributed by atoms with van der Waals surface area (Å²) in [5, 5.41) is 3.37. The van der Waals surface area contributed by atoms with Crippen molar-refractivity contribution in [2.45, 2.75) is 56.5 Å². The highest BCUT2D eigenvalue weighted by Gasteiger charge is 2.61. The molecule has 0 bridgehead atoms. The van der Waals surface area contributed by atoms with E-state index in [-0.39, 0.29) is 0 Å². The maximum atomic E-state index is 2.60. The predicted molar refractivity (Wildman–Crippen MR) is 153 cm³/mol. The maximum absolute atomic E-state index is 2.60. The summed E-state index contributed by atoms with van der Waals surface area (Å²) in [6, 6.07) is 23.8. The molecular weight excluding hydrogens is 436 g/mol. The van der Waals surface area contributed by atoms with E-state index in [0.717, 1.165) is 11.5 Å². The van der Waals surface area contributed by atoms with Crippen molar-refractivity contribution < 1.29 is 0 Å². The standard InChI is InChI=1S/C34H40Si/c1-2-3-14-26-23-24-29(25-26)35(27-15-6-4-7-16-27,28-17-8-5-9-18-28)34-32-21-12-10-19-30(32)31-20-11-13-22-33(31)34/h4-13,15-22,26,29-34H,2-3,14,23-25H2,1H3. The Labute approximate surface area is 213 Å². The average molecular weight is 477 g/mol. The van der Waals surface area contributed by atoms with E-state index in [1.807, 2.05) is 0 Å². The molecule has 0 saturated heterocycles. The Morgan fingerprint density at radius 2 is 1.17 bits per heavy atom. The molecule has 6 unspecified atom stereocenters. The SMILES string of the molecule is CCCCC1CCC([Si](c2ccccc2)(c2ccccc2)C2C3C=CC=CC3C3C=CC=CC32)C1. The topological polar surface area (TPSA) is 0 Å². The van der Waals surface area contributed by atoms with Crippen LogP contribution in [0.1, 0.15) is 45.4 Å². The van der Waals surface area contributed by atoms with Crippen LogP contribution < -0.4 is 10.4 Å². The molecule has 6 rings (SSSR count). The minimum absolute atomic E-state index is 0.629. The summed E-state index contributed by atoms with van der Waals surface area (Å²) >= 11 is 0. The van der Waals surface area contributed by atoms with E-state index in [0.29, 0.717) is 29.2 Å². The van der Waals surface area contributed by atoms with Crippen LogP contribution in [-0.4, -0.2) is 8.07 Å². The van der Waals surface area contributed by atoms with Gasteiger partial charge in [0.15, 0.2) is 0 Å². The molecular formula is C34H40Si. The fraction of sp³-hybridized carbons (Fsp3) is 0.412. The lowest BCUT2D eigenvalue weighted by Crippen LogP contribution is -2.66. The van der Waals surface area contributed by atoms with Gasteiger partial charge in [0, 0.05) is 0 Å². The summed E-state index contributed by atoms with van der Waals surface area (Å²) in [5.74, 6) is 3.43. The second-order valence-electron chi connectivity index (χ2n) is 11.5. The van der Waals surface area contributed by atoms with E-state index < -0.39 is 8.07 Å². The van der Waals surface area contributed by atoms with Crippen LogP contribution in [0.5, 0.6) is 0 Å². The van der Waals surface area contributed by atoms with Gasteiger partial charge in [0.05, 0.1) is 0 Å². The first kappa shape index (κ1) is 23.0. The van der Waals surface area contributed by atoms with Crippen molar-refractivity contribution in [2.75, 3.05) is 0 Å². The molecule has 35 heavy (non-hydrogen) atoms.